The van der Waals surface area contributed by atoms with E-state index < -0.39 is 66.4 Å². The zero-order chi connectivity index (χ0) is 33.7. The third kappa shape index (κ3) is 3.86. The highest BCUT2D eigenvalue weighted by Gasteiger charge is 2.58. The van der Waals surface area contributed by atoms with Crippen molar-refractivity contribution in [3.8, 4) is 11.5 Å². The zero-order valence-electron chi connectivity index (χ0n) is 24.2. The van der Waals surface area contributed by atoms with Crippen molar-refractivity contribution in [2.75, 3.05) is 0 Å². The van der Waals surface area contributed by atoms with Gasteiger partial charge in [0.1, 0.15) is 0 Å². The predicted molar refractivity (Wildman–Crippen MR) is 162 cm³/mol. The predicted octanol–water partition coefficient (Wildman–Crippen LogP) is 8.41. The van der Waals surface area contributed by atoms with Crippen LogP contribution in [0.3, 0.4) is 0 Å². The van der Waals surface area contributed by atoms with Crippen molar-refractivity contribution in [2.24, 2.45) is 0 Å². The monoisotopic (exact) mass is 702 g/mol. The Bertz CT molecular complexity index is 2210. The minimum Gasteiger partial charge on any atom is -0.375 e. The Morgan fingerprint density at radius 3 is 0.958 bits per heavy atom. The summed E-state index contributed by atoms with van der Waals surface area (Å²) < 4.78 is 144. The molecule has 0 amide bonds. The van der Waals surface area contributed by atoms with Crippen molar-refractivity contribution in [1.29, 1.82) is 0 Å². The third-order valence-electron chi connectivity index (χ3n) is 10.3. The first-order valence-corrected chi connectivity index (χ1v) is 17.7. The van der Waals surface area contributed by atoms with Crippen molar-refractivity contribution in [1.82, 2.24) is 0 Å². The van der Waals surface area contributed by atoms with Gasteiger partial charge in [-0.05, 0) is 56.6 Å². The van der Waals surface area contributed by atoms with E-state index in [1.807, 2.05) is 48.5 Å². The summed E-state index contributed by atoms with van der Waals surface area (Å²) in [5.74, 6) is -4.46. The Kier molecular flexibility index (Phi) is 5.73. The van der Waals surface area contributed by atoms with Crippen LogP contribution in [0, 0.1) is 0 Å². The quantitative estimate of drug-likeness (QED) is 0.106. The Morgan fingerprint density at radius 2 is 0.729 bits per heavy atom. The molecule has 246 valence electrons. The molecule has 5 aromatic rings. The van der Waals surface area contributed by atoms with Crippen LogP contribution in [-0.4, -0.2) is 27.9 Å². The Labute approximate surface area is 269 Å². The minimum absolute atomic E-state index is 0.100. The molecule has 48 heavy (non-hydrogen) atoms. The number of rotatable bonds is 4. The van der Waals surface area contributed by atoms with Gasteiger partial charge in [0, 0.05) is 45.9 Å². The molecule has 0 aliphatic heterocycles. The summed E-state index contributed by atoms with van der Waals surface area (Å²) in [6, 6.07) is 21.7. The molecule has 0 saturated carbocycles. The largest absolute Gasteiger partial charge is 0.534 e. The van der Waals surface area contributed by atoms with Crippen molar-refractivity contribution in [2.45, 2.75) is 47.5 Å². The van der Waals surface area contributed by atoms with Gasteiger partial charge in [0.2, 0.25) is 0 Å². The molecule has 0 heterocycles. The number of hydrogen-bond acceptors (Lipinski definition) is 6. The summed E-state index contributed by atoms with van der Waals surface area (Å²) in [6.07, 6.45) is 0.280. The smallest absolute Gasteiger partial charge is 0.375 e. The van der Waals surface area contributed by atoms with Gasteiger partial charge < -0.3 is 8.37 Å². The van der Waals surface area contributed by atoms with E-state index in [0.29, 0.717) is 22.3 Å². The highest BCUT2D eigenvalue weighted by atomic mass is 32.2. The van der Waals surface area contributed by atoms with E-state index in [2.05, 4.69) is 0 Å². The normalized spacial score (nSPS) is 22.1. The molecule has 9 rings (SSSR count). The van der Waals surface area contributed by atoms with Gasteiger partial charge in [0.15, 0.2) is 11.5 Å². The lowest BCUT2D eigenvalue weighted by Crippen LogP contribution is -2.31. The fourth-order valence-electron chi connectivity index (χ4n) is 8.49. The molecule has 14 heteroatoms. The topological polar surface area (TPSA) is 86.7 Å². The maximum Gasteiger partial charge on any atom is 0.534 e. The highest BCUT2D eigenvalue weighted by molar-refractivity contribution is 7.88. The maximum absolute atomic E-state index is 13.9. The fraction of sp³-hybridized carbons (Fsp3) is 0.235. The van der Waals surface area contributed by atoms with E-state index in [1.165, 1.54) is 0 Å². The van der Waals surface area contributed by atoms with E-state index in [9.17, 15) is 43.2 Å². The van der Waals surface area contributed by atoms with Gasteiger partial charge in [0.05, 0.1) is 0 Å². The van der Waals surface area contributed by atoms with Crippen molar-refractivity contribution < 1.29 is 51.5 Å². The van der Waals surface area contributed by atoms with Crippen molar-refractivity contribution in [3.05, 3.63) is 117 Å². The molecular formula is C34H20F6O6S2. The first-order valence-electron chi connectivity index (χ1n) is 14.9. The summed E-state index contributed by atoms with van der Waals surface area (Å²) in [6.45, 7) is 0. The molecule has 6 nitrogen and oxygen atoms in total. The van der Waals surface area contributed by atoms with Gasteiger partial charge in [-0.2, -0.15) is 43.2 Å². The van der Waals surface area contributed by atoms with Crippen LogP contribution in [-0.2, 0) is 20.2 Å². The van der Waals surface area contributed by atoms with Crippen molar-refractivity contribution >= 4 is 41.8 Å². The number of fused-ring (bicyclic) bond motifs is 18. The minimum atomic E-state index is -6.26. The summed E-state index contributed by atoms with van der Waals surface area (Å²) in [5.41, 5.74) is -9.49. The van der Waals surface area contributed by atoms with Gasteiger partial charge >= 0.3 is 31.3 Å². The van der Waals surface area contributed by atoms with Crippen molar-refractivity contribution in [3.63, 3.8) is 0 Å². The van der Waals surface area contributed by atoms with E-state index in [1.54, 1.807) is 24.3 Å². The summed E-state index contributed by atoms with van der Waals surface area (Å²) >= 11 is 0. The van der Waals surface area contributed by atoms with Crippen LogP contribution in [0.25, 0.3) is 21.5 Å². The molecule has 4 aliphatic carbocycles. The molecule has 0 spiro atoms. The molecule has 0 saturated heterocycles. The van der Waals surface area contributed by atoms with Gasteiger partial charge in [-0.3, -0.25) is 0 Å². The van der Waals surface area contributed by atoms with E-state index in [-0.39, 0.29) is 35.1 Å². The first kappa shape index (κ1) is 29.8. The standard InChI is InChI=1S/C34H20F6O6S2/c35-33(36,37)47(41,42)45-31-27-23-13-24(20-10-16-6-2-1-5-15(16)9-19(20)23)28(27)32(46-48(43,44)34(38,39)40)30-26-14-25(29(30)31)21-11-17-7-3-4-8-18(17)12-22(21)26/h1-12,23-26H,13-14H2/t23-,24+,25+,26-. The molecule has 4 atom stereocenters. The van der Waals surface area contributed by atoms with Crippen LogP contribution in [0.2, 0.25) is 0 Å². The van der Waals surface area contributed by atoms with Gasteiger partial charge in [-0.1, -0.05) is 72.8 Å². The lowest BCUT2D eigenvalue weighted by Gasteiger charge is -2.31. The second kappa shape index (κ2) is 9.23. The van der Waals surface area contributed by atoms with Crippen LogP contribution < -0.4 is 8.37 Å². The van der Waals surface area contributed by atoms with Crippen LogP contribution in [0.4, 0.5) is 26.3 Å². The van der Waals surface area contributed by atoms with Crippen LogP contribution in [0.1, 0.15) is 81.0 Å². The summed E-state index contributed by atoms with van der Waals surface area (Å²) in [5, 5.41) is 3.14. The number of halogens is 6. The van der Waals surface area contributed by atoms with Gasteiger partial charge in [0.25, 0.3) is 0 Å². The fourth-order valence-corrected chi connectivity index (χ4v) is 9.47. The molecule has 4 bridgehead atoms. The highest BCUT2D eigenvalue weighted by Crippen LogP contribution is 2.70. The van der Waals surface area contributed by atoms with Gasteiger partial charge in [-0.15, -0.1) is 0 Å². The van der Waals surface area contributed by atoms with Crippen LogP contribution in [0.5, 0.6) is 11.5 Å². The van der Waals surface area contributed by atoms with E-state index in [0.717, 1.165) is 21.5 Å². The second-order valence-electron chi connectivity index (χ2n) is 12.6. The molecular weight excluding hydrogens is 682 g/mol. The Hall–Kier alpha value is -4.30. The molecule has 0 radical (unpaired) electrons. The molecule has 0 aromatic heterocycles. The average Bonchev–Trinajstić information content (AvgIpc) is 3.78. The van der Waals surface area contributed by atoms with E-state index in [4.69, 9.17) is 8.37 Å². The molecule has 0 unspecified atom stereocenters. The Balaban J connectivity index is 1.38. The molecule has 4 aliphatic rings. The van der Waals surface area contributed by atoms with Crippen LogP contribution in [0.15, 0.2) is 72.8 Å². The average molecular weight is 703 g/mol. The van der Waals surface area contributed by atoms with E-state index >= 15 is 0 Å². The van der Waals surface area contributed by atoms with Gasteiger partial charge in [-0.25, -0.2) is 0 Å². The lowest BCUT2D eigenvalue weighted by atomic mass is 9.77. The molecule has 5 aromatic carbocycles. The number of hydrogen-bond donors (Lipinski definition) is 0. The molecule has 0 N–H and O–H groups in total. The maximum atomic E-state index is 13.9. The summed E-state index contributed by atoms with van der Waals surface area (Å²) in [4.78, 5) is 0. The SMILES string of the molecule is O=S(=O)(Oc1c2c(c(OS(=O)(=O)C(F)(F)F)c3c1[C@H]1C[C@@H]3c3cc4ccccc4cc31)[C@H]1C[C@@H]2c2cc3ccccc3cc21)C(F)(F)F. The number of alkyl halides is 6. The lowest BCUT2D eigenvalue weighted by molar-refractivity contribution is -0.0506. The zero-order valence-corrected chi connectivity index (χ0v) is 25.8. The summed E-state index contributed by atoms with van der Waals surface area (Å²) in [7, 11) is -12.5. The first-order chi connectivity index (χ1) is 22.6. The van der Waals surface area contributed by atoms with Crippen LogP contribution >= 0.6 is 0 Å². The Morgan fingerprint density at radius 1 is 0.479 bits per heavy atom. The second-order valence-corrected chi connectivity index (χ2v) is 15.7. The number of benzene rings is 5. The molecule has 0 fully saturated rings. The third-order valence-corrected chi connectivity index (χ3v) is 12.2.